The molecule has 2 amide bonds. The van der Waals surface area contributed by atoms with Crippen molar-refractivity contribution in [3.8, 4) is 0 Å². The van der Waals surface area contributed by atoms with E-state index in [2.05, 4.69) is 10.4 Å². The van der Waals surface area contributed by atoms with E-state index in [1.807, 2.05) is 25.1 Å². The molecule has 5 nitrogen and oxygen atoms in total. The first-order chi connectivity index (χ1) is 10.6. The van der Waals surface area contributed by atoms with Gasteiger partial charge in [0.25, 0.3) is 11.8 Å². The average molecular weight is 293 g/mol. The van der Waals surface area contributed by atoms with E-state index in [0.29, 0.717) is 23.4 Å². The summed E-state index contributed by atoms with van der Waals surface area (Å²) in [6.07, 6.45) is 0.334. The summed E-state index contributed by atoms with van der Waals surface area (Å²) in [6, 6.07) is 16.1. The van der Waals surface area contributed by atoms with Crippen molar-refractivity contribution in [1.82, 2.24) is 0 Å². The van der Waals surface area contributed by atoms with E-state index >= 15 is 0 Å². The molecule has 0 atom stereocenters. The SMILES string of the molecule is CC1=NN(c2cccc(NC(=O)c3ccccc3)c2)C(=O)C1. The third kappa shape index (κ3) is 2.88. The second-order valence-corrected chi connectivity index (χ2v) is 5.09. The van der Waals surface area contributed by atoms with Gasteiger partial charge in [-0.05, 0) is 37.3 Å². The van der Waals surface area contributed by atoms with Gasteiger partial charge in [0.05, 0.1) is 12.1 Å². The lowest BCUT2D eigenvalue weighted by Gasteiger charge is -2.13. The van der Waals surface area contributed by atoms with Gasteiger partial charge < -0.3 is 5.32 Å². The highest BCUT2D eigenvalue weighted by atomic mass is 16.2. The van der Waals surface area contributed by atoms with Crippen LogP contribution in [0.1, 0.15) is 23.7 Å². The average Bonchev–Trinajstić information content (AvgIpc) is 2.87. The number of anilines is 2. The Morgan fingerprint density at radius 1 is 1.14 bits per heavy atom. The normalized spacial score (nSPS) is 14.0. The largest absolute Gasteiger partial charge is 0.322 e. The summed E-state index contributed by atoms with van der Waals surface area (Å²) in [4.78, 5) is 24.0. The van der Waals surface area contributed by atoms with Crippen molar-refractivity contribution < 1.29 is 9.59 Å². The Kier molecular flexibility index (Phi) is 3.70. The summed E-state index contributed by atoms with van der Waals surface area (Å²) >= 11 is 0. The van der Waals surface area contributed by atoms with E-state index in [0.717, 1.165) is 5.71 Å². The van der Waals surface area contributed by atoms with Gasteiger partial charge in [0.2, 0.25) is 0 Å². The molecule has 2 aromatic rings. The zero-order valence-corrected chi connectivity index (χ0v) is 12.1. The van der Waals surface area contributed by atoms with Gasteiger partial charge in [0, 0.05) is 17.0 Å². The first kappa shape index (κ1) is 14.0. The smallest absolute Gasteiger partial charge is 0.255 e. The number of hydrogen-bond acceptors (Lipinski definition) is 3. The summed E-state index contributed by atoms with van der Waals surface area (Å²) in [6.45, 7) is 1.82. The van der Waals surface area contributed by atoms with Gasteiger partial charge in [0.15, 0.2) is 0 Å². The first-order valence-electron chi connectivity index (χ1n) is 6.97. The fourth-order valence-corrected chi connectivity index (χ4v) is 2.27. The Morgan fingerprint density at radius 3 is 2.59 bits per heavy atom. The monoisotopic (exact) mass is 293 g/mol. The summed E-state index contributed by atoms with van der Waals surface area (Å²) < 4.78 is 0. The van der Waals surface area contributed by atoms with Crippen molar-refractivity contribution in [2.75, 3.05) is 10.3 Å². The molecule has 1 N–H and O–H groups in total. The number of rotatable bonds is 3. The molecule has 1 aliphatic rings. The van der Waals surface area contributed by atoms with Gasteiger partial charge in [-0.2, -0.15) is 5.10 Å². The molecule has 0 radical (unpaired) electrons. The summed E-state index contributed by atoms with van der Waals surface area (Å²) in [5.41, 5.74) is 2.63. The van der Waals surface area contributed by atoms with Crippen LogP contribution < -0.4 is 10.3 Å². The molecule has 0 unspecified atom stereocenters. The van der Waals surface area contributed by atoms with Crippen molar-refractivity contribution >= 4 is 28.9 Å². The molecule has 3 rings (SSSR count). The Balaban J connectivity index is 1.80. The lowest BCUT2D eigenvalue weighted by molar-refractivity contribution is -0.116. The van der Waals surface area contributed by atoms with Crippen LogP contribution in [0, 0.1) is 0 Å². The number of hydrazone groups is 1. The highest BCUT2D eigenvalue weighted by Crippen LogP contribution is 2.24. The fraction of sp³-hybridized carbons (Fsp3) is 0.118. The molecular formula is C17H15N3O2. The summed E-state index contributed by atoms with van der Waals surface area (Å²) in [5.74, 6) is -0.255. The molecule has 22 heavy (non-hydrogen) atoms. The minimum absolute atomic E-state index is 0.0657. The number of carbonyl (C=O) groups is 2. The quantitative estimate of drug-likeness (QED) is 0.945. The standard InChI is InChI=1S/C17H15N3O2/c1-12-10-16(21)20(19-12)15-9-5-8-14(11-15)18-17(22)13-6-3-2-4-7-13/h2-9,11H,10H2,1H3,(H,18,22). The highest BCUT2D eigenvalue weighted by molar-refractivity contribution is 6.12. The Morgan fingerprint density at radius 2 is 1.91 bits per heavy atom. The number of carbonyl (C=O) groups excluding carboxylic acids is 2. The second kappa shape index (κ2) is 5.81. The molecule has 0 bridgehead atoms. The molecule has 0 saturated carbocycles. The zero-order chi connectivity index (χ0) is 15.5. The van der Waals surface area contributed by atoms with Crippen LogP contribution in [-0.2, 0) is 4.79 Å². The molecule has 0 spiro atoms. The topological polar surface area (TPSA) is 61.8 Å². The Bertz CT molecular complexity index is 754. The third-order valence-electron chi connectivity index (χ3n) is 3.30. The first-order valence-corrected chi connectivity index (χ1v) is 6.97. The van der Waals surface area contributed by atoms with Crippen LogP contribution in [-0.4, -0.2) is 17.5 Å². The number of nitrogens with one attached hydrogen (secondary N) is 1. The predicted molar refractivity (Wildman–Crippen MR) is 86.0 cm³/mol. The molecule has 1 aliphatic heterocycles. The summed E-state index contributed by atoms with van der Waals surface area (Å²) in [5, 5.41) is 8.40. The van der Waals surface area contributed by atoms with E-state index in [-0.39, 0.29) is 11.8 Å². The van der Waals surface area contributed by atoms with Gasteiger partial charge in [0.1, 0.15) is 0 Å². The van der Waals surface area contributed by atoms with E-state index < -0.39 is 0 Å². The van der Waals surface area contributed by atoms with Gasteiger partial charge in [-0.15, -0.1) is 0 Å². The van der Waals surface area contributed by atoms with Crippen LogP contribution in [0.4, 0.5) is 11.4 Å². The maximum absolute atomic E-state index is 12.1. The van der Waals surface area contributed by atoms with Crippen molar-refractivity contribution in [2.45, 2.75) is 13.3 Å². The maximum atomic E-state index is 12.1. The molecular weight excluding hydrogens is 278 g/mol. The lowest BCUT2D eigenvalue weighted by Crippen LogP contribution is -2.20. The van der Waals surface area contributed by atoms with Gasteiger partial charge in [-0.3, -0.25) is 9.59 Å². The van der Waals surface area contributed by atoms with Crippen molar-refractivity contribution in [2.24, 2.45) is 5.10 Å². The van der Waals surface area contributed by atoms with Gasteiger partial charge in [-0.25, -0.2) is 5.01 Å². The van der Waals surface area contributed by atoms with Crippen LogP contribution in [0.5, 0.6) is 0 Å². The molecule has 1 heterocycles. The fourth-order valence-electron chi connectivity index (χ4n) is 2.27. The van der Waals surface area contributed by atoms with Gasteiger partial charge in [-0.1, -0.05) is 24.3 Å². The van der Waals surface area contributed by atoms with Crippen molar-refractivity contribution in [1.29, 1.82) is 0 Å². The Hall–Kier alpha value is -2.95. The van der Waals surface area contributed by atoms with E-state index in [1.54, 1.807) is 36.4 Å². The predicted octanol–water partition coefficient (Wildman–Crippen LogP) is 3.05. The molecule has 0 saturated heterocycles. The molecule has 0 fully saturated rings. The number of nitrogens with zero attached hydrogens (tertiary/aromatic N) is 2. The molecule has 2 aromatic carbocycles. The number of amides is 2. The van der Waals surface area contributed by atoms with Crippen molar-refractivity contribution in [3.05, 3.63) is 60.2 Å². The van der Waals surface area contributed by atoms with Crippen molar-refractivity contribution in [3.63, 3.8) is 0 Å². The van der Waals surface area contributed by atoms with E-state index in [1.165, 1.54) is 5.01 Å². The second-order valence-electron chi connectivity index (χ2n) is 5.09. The van der Waals surface area contributed by atoms with Crippen LogP contribution in [0.25, 0.3) is 0 Å². The molecule has 0 aromatic heterocycles. The van der Waals surface area contributed by atoms with Gasteiger partial charge >= 0.3 is 0 Å². The third-order valence-corrected chi connectivity index (χ3v) is 3.30. The van der Waals surface area contributed by atoms with Crippen LogP contribution in [0.2, 0.25) is 0 Å². The zero-order valence-electron chi connectivity index (χ0n) is 12.1. The van der Waals surface area contributed by atoms with E-state index in [9.17, 15) is 9.59 Å². The Labute approximate surface area is 128 Å². The minimum Gasteiger partial charge on any atom is -0.322 e. The molecule has 0 aliphatic carbocycles. The van der Waals surface area contributed by atoms with Crippen LogP contribution >= 0.6 is 0 Å². The van der Waals surface area contributed by atoms with Crippen LogP contribution in [0.3, 0.4) is 0 Å². The van der Waals surface area contributed by atoms with E-state index in [4.69, 9.17) is 0 Å². The number of hydrogen-bond donors (Lipinski definition) is 1. The maximum Gasteiger partial charge on any atom is 0.255 e. The highest BCUT2D eigenvalue weighted by Gasteiger charge is 2.22. The molecule has 110 valence electrons. The van der Waals surface area contributed by atoms with Crippen LogP contribution in [0.15, 0.2) is 59.7 Å². The minimum atomic E-state index is -0.190. The lowest BCUT2D eigenvalue weighted by atomic mass is 10.2. The summed E-state index contributed by atoms with van der Waals surface area (Å²) in [7, 11) is 0. The molecule has 5 heteroatoms. The number of benzene rings is 2.